The SMILES string of the molecule is COc1ccc(F)c2c1cc(C)n2CCNC(=O)OC(C)(C)C. The fraction of sp³-hybridized carbons (Fsp3) is 0.471. The molecule has 1 aromatic heterocycles. The van der Waals surface area contributed by atoms with Gasteiger partial charge in [0.2, 0.25) is 0 Å². The van der Waals surface area contributed by atoms with E-state index < -0.39 is 11.7 Å². The number of carbonyl (C=O) groups is 1. The number of amides is 1. The Kier molecular flexibility index (Phi) is 4.82. The smallest absolute Gasteiger partial charge is 0.407 e. The van der Waals surface area contributed by atoms with E-state index in [9.17, 15) is 9.18 Å². The second-order valence-corrected chi connectivity index (χ2v) is 6.38. The van der Waals surface area contributed by atoms with Gasteiger partial charge in [-0.05, 0) is 45.9 Å². The van der Waals surface area contributed by atoms with Crippen molar-refractivity contribution >= 4 is 17.0 Å². The lowest BCUT2D eigenvalue weighted by atomic mass is 10.2. The van der Waals surface area contributed by atoms with Gasteiger partial charge >= 0.3 is 6.09 Å². The molecule has 126 valence electrons. The average molecular weight is 322 g/mol. The van der Waals surface area contributed by atoms with E-state index in [1.54, 1.807) is 33.9 Å². The van der Waals surface area contributed by atoms with Crippen molar-refractivity contribution in [2.45, 2.75) is 39.8 Å². The summed E-state index contributed by atoms with van der Waals surface area (Å²) in [5.74, 6) is 0.314. The Morgan fingerprint density at radius 2 is 2.04 bits per heavy atom. The average Bonchev–Trinajstić information content (AvgIpc) is 2.75. The fourth-order valence-corrected chi connectivity index (χ4v) is 2.49. The highest BCUT2D eigenvalue weighted by molar-refractivity contribution is 5.88. The summed E-state index contributed by atoms with van der Waals surface area (Å²) >= 11 is 0. The topological polar surface area (TPSA) is 52.5 Å². The van der Waals surface area contributed by atoms with E-state index in [0.29, 0.717) is 24.4 Å². The predicted molar refractivity (Wildman–Crippen MR) is 87.4 cm³/mol. The van der Waals surface area contributed by atoms with Crippen molar-refractivity contribution in [1.29, 1.82) is 0 Å². The molecule has 23 heavy (non-hydrogen) atoms. The molecule has 0 atom stereocenters. The summed E-state index contributed by atoms with van der Waals surface area (Å²) in [7, 11) is 1.56. The highest BCUT2D eigenvalue weighted by Crippen LogP contribution is 2.30. The minimum absolute atomic E-state index is 0.314. The maximum atomic E-state index is 14.2. The number of ether oxygens (including phenoxy) is 2. The normalized spacial score (nSPS) is 11.6. The molecule has 1 heterocycles. The van der Waals surface area contributed by atoms with Crippen molar-refractivity contribution in [3.05, 3.63) is 29.7 Å². The molecule has 0 aliphatic carbocycles. The third kappa shape index (κ3) is 3.94. The first-order valence-electron chi connectivity index (χ1n) is 7.52. The Morgan fingerprint density at radius 3 is 2.65 bits per heavy atom. The van der Waals surface area contributed by atoms with Gasteiger partial charge in [0.1, 0.15) is 17.2 Å². The molecule has 0 unspecified atom stereocenters. The molecule has 1 aromatic carbocycles. The number of alkyl carbamates (subject to hydrolysis) is 1. The third-order valence-corrected chi connectivity index (χ3v) is 3.40. The molecule has 2 aromatic rings. The number of rotatable bonds is 4. The lowest BCUT2D eigenvalue weighted by Gasteiger charge is -2.20. The van der Waals surface area contributed by atoms with Crippen LogP contribution < -0.4 is 10.1 Å². The largest absolute Gasteiger partial charge is 0.496 e. The maximum absolute atomic E-state index is 14.2. The zero-order valence-corrected chi connectivity index (χ0v) is 14.2. The molecule has 0 saturated heterocycles. The number of halogens is 1. The van der Waals surface area contributed by atoms with Crippen molar-refractivity contribution in [3.8, 4) is 5.75 Å². The molecule has 5 nitrogen and oxygen atoms in total. The minimum atomic E-state index is -0.542. The number of benzene rings is 1. The van der Waals surface area contributed by atoms with E-state index in [-0.39, 0.29) is 5.82 Å². The van der Waals surface area contributed by atoms with Gasteiger partial charge in [-0.1, -0.05) is 0 Å². The van der Waals surface area contributed by atoms with Crippen LogP contribution >= 0.6 is 0 Å². The van der Waals surface area contributed by atoms with Gasteiger partial charge in [-0.25, -0.2) is 9.18 Å². The first-order valence-corrected chi connectivity index (χ1v) is 7.52. The number of methoxy groups -OCH3 is 1. The summed E-state index contributed by atoms with van der Waals surface area (Å²) in [6.45, 7) is 8.09. The van der Waals surface area contributed by atoms with Crippen LogP contribution in [-0.2, 0) is 11.3 Å². The van der Waals surface area contributed by atoms with Crippen LogP contribution in [0, 0.1) is 12.7 Å². The van der Waals surface area contributed by atoms with Crippen molar-refractivity contribution in [1.82, 2.24) is 9.88 Å². The molecule has 0 aliphatic heterocycles. The van der Waals surface area contributed by atoms with Crippen LogP contribution in [0.4, 0.5) is 9.18 Å². The minimum Gasteiger partial charge on any atom is -0.496 e. The summed E-state index contributed by atoms with van der Waals surface area (Å²) < 4.78 is 26.5. The number of aryl methyl sites for hydroxylation is 1. The molecule has 1 N–H and O–H groups in total. The van der Waals surface area contributed by atoms with E-state index >= 15 is 0 Å². The molecule has 0 aliphatic rings. The van der Waals surface area contributed by atoms with Crippen LogP contribution in [0.25, 0.3) is 10.9 Å². The van der Waals surface area contributed by atoms with Gasteiger partial charge < -0.3 is 19.4 Å². The zero-order valence-electron chi connectivity index (χ0n) is 14.2. The Balaban J connectivity index is 2.15. The summed E-state index contributed by atoms with van der Waals surface area (Å²) in [5, 5.41) is 3.41. The highest BCUT2D eigenvalue weighted by atomic mass is 19.1. The van der Waals surface area contributed by atoms with Crippen LogP contribution in [0.5, 0.6) is 5.75 Å². The fourth-order valence-electron chi connectivity index (χ4n) is 2.49. The van der Waals surface area contributed by atoms with Gasteiger partial charge in [-0.3, -0.25) is 0 Å². The first kappa shape index (κ1) is 17.1. The van der Waals surface area contributed by atoms with Gasteiger partial charge in [0.15, 0.2) is 0 Å². The van der Waals surface area contributed by atoms with Crippen molar-refractivity contribution in [3.63, 3.8) is 0 Å². The van der Waals surface area contributed by atoms with Gasteiger partial charge in [-0.15, -0.1) is 0 Å². The predicted octanol–water partition coefficient (Wildman–Crippen LogP) is 3.62. The molecule has 0 spiro atoms. The Bertz CT molecular complexity index is 717. The molecule has 0 fully saturated rings. The summed E-state index contributed by atoms with van der Waals surface area (Å²) in [5.41, 5.74) is 0.835. The van der Waals surface area contributed by atoms with Crippen LogP contribution in [-0.4, -0.2) is 29.9 Å². The van der Waals surface area contributed by atoms with Gasteiger partial charge in [0.25, 0.3) is 0 Å². The van der Waals surface area contributed by atoms with E-state index in [4.69, 9.17) is 9.47 Å². The third-order valence-electron chi connectivity index (χ3n) is 3.40. The molecule has 0 saturated carbocycles. The maximum Gasteiger partial charge on any atom is 0.407 e. The summed E-state index contributed by atoms with van der Waals surface area (Å²) in [6.07, 6.45) is -0.482. The molecule has 6 heteroatoms. The number of hydrogen-bond acceptors (Lipinski definition) is 3. The standard InChI is InChI=1S/C17H23FN2O3/c1-11-10-12-14(22-5)7-6-13(18)15(12)20(11)9-8-19-16(21)23-17(2,3)4/h6-7,10H,8-9H2,1-5H3,(H,19,21). The van der Waals surface area contributed by atoms with Gasteiger partial charge in [-0.2, -0.15) is 0 Å². The molecule has 2 rings (SSSR count). The number of nitrogens with one attached hydrogen (secondary N) is 1. The summed E-state index contributed by atoms with van der Waals surface area (Å²) in [4.78, 5) is 11.7. The first-order chi connectivity index (χ1) is 10.7. The number of carbonyl (C=O) groups excluding carboxylic acids is 1. The second-order valence-electron chi connectivity index (χ2n) is 6.38. The number of nitrogens with zero attached hydrogens (tertiary/aromatic N) is 1. The Morgan fingerprint density at radius 1 is 1.35 bits per heavy atom. The lowest BCUT2D eigenvalue weighted by Crippen LogP contribution is -2.34. The number of fused-ring (bicyclic) bond motifs is 1. The van der Waals surface area contributed by atoms with E-state index in [1.165, 1.54) is 6.07 Å². The molecule has 0 bridgehead atoms. The highest BCUT2D eigenvalue weighted by Gasteiger charge is 2.17. The van der Waals surface area contributed by atoms with Crippen LogP contribution in [0.3, 0.4) is 0 Å². The van der Waals surface area contributed by atoms with E-state index in [2.05, 4.69) is 5.32 Å². The van der Waals surface area contributed by atoms with Crippen molar-refractivity contribution < 1.29 is 18.7 Å². The Labute approximate surface area is 135 Å². The van der Waals surface area contributed by atoms with Crippen molar-refractivity contribution in [2.75, 3.05) is 13.7 Å². The van der Waals surface area contributed by atoms with E-state index in [1.807, 2.05) is 17.6 Å². The van der Waals surface area contributed by atoms with Crippen LogP contribution in [0.1, 0.15) is 26.5 Å². The Hall–Kier alpha value is -2.24. The van der Waals surface area contributed by atoms with Crippen LogP contribution in [0.15, 0.2) is 18.2 Å². The lowest BCUT2D eigenvalue weighted by molar-refractivity contribution is 0.0526. The quantitative estimate of drug-likeness (QED) is 0.935. The second kappa shape index (κ2) is 6.48. The van der Waals surface area contributed by atoms with Crippen molar-refractivity contribution in [2.24, 2.45) is 0 Å². The van der Waals surface area contributed by atoms with Gasteiger partial charge in [0.05, 0.1) is 12.6 Å². The summed E-state index contributed by atoms with van der Waals surface area (Å²) in [6, 6.07) is 4.88. The zero-order chi connectivity index (χ0) is 17.2. The number of aromatic nitrogens is 1. The number of hydrogen-bond donors (Lipinski definition) is 1. The van der Waals surface area contributed by atoms with Crippen LogP contribution in [0.2, 0.25) is 0 Å². The molecule has 1 amide bonds. The molecular formula is C17H23FN2O3. The van der Waals surface area contributed by atoms with E-state index in [0.717, 1.165) is 11.1 Å². The molecule has 0 radical (unpaired) electrons. The monoisotopic (exact) mass is 322 g/mol. The van der Waals surface area contributed by atoms with Gasteiger partial charge in [0, 0.05) is 24.2 Å². The molecular weight excluding hydrogens is 299 g/mol.